The highest BCUT2D eigenvalue weighted by molar-refractivity contribution is 7.89. The molecule has 2 aromatic rings. The first kappa shape index (κ1) is 15.4. The number of pyridine rings is 1. The zero-order chi connectivity index (χ0) is 15.6. The molecule has 3 heterocycles. The summed E-state index contributed by atoms with van der Waals surface area (Å²) in [5.41, 5.74) is 0.846. The van der Waals surface area contributed by atoms with Crippen LogP contribution >= 0.6 is 11.6 Å². The Morgan fingerprint density at radius 2 is 1.95 bits per heavy atom. The molecule has 1 fully saturated rings. The van der Waals surface area contributed by atoms with Crippen molar-refractivity contribution in [1.82, 2.24) is 19.3 Å². The van der Waals surface area contributed by atoms with Gasteiger partial charge in [0.15, 0.2) is 0 Å². The van der Waals surface area contributed by atoms with Crippen molar-refractivity contribution in [2.45, 2.75) is 11.4 Å². The molecule has 0 amide bonds. The number of rotatable bonds is 4. The molecule has 9 heteroatoms. The highest BCUT2D eigenvalue weighted by Crippen LogP contribution is 2.18. The fourth-order valence-electron chi connectivity index (χ4n) is 2.34. The summed E-state index contributed by atoms with van der Waals surface area (Å²) in [5.74, 6) is 0. The standard InChI is InChI=1S/C13H15ClN4O3S/c14-13-2-1-12(9-15-13)22(19,20)18-6-4-17(5-7-18)10-11-3-8-21-16-11/h1-3,8-9H,4-7,10H2. The molecule has 0 aromatic carbocycles. The lowest BCUT2D eigenvalue weighted by Crippen LogP contribution is -2.48. The van der Waals surface area contributed by atoms with Gasteiger partial charge in [-0.2, -0.15) is 4.31 Å². The first-order chi connectivity index (χ1) is 10.6. The van der Waals surface area contributed by atoms with E-state index in [0.717, 1.165) is 5.69 Å². The van der Waals surface area contributed by atoms with Gasteiger partial charge < -0.3 is 4.52 Å². The van der Waals surface area contributed by atoms with Crippen molar-refractivity contribution in [3.8, 4) is 0 Å². The predicted molar refractivity (Wildman–Crippen MR) is 79.8 cm³/mol. The summed E-state index contributed by atoms with van der Waals surface area (Å²) < 4.78 is 31.3. The second kappa shape index (κ2) is 6.33. The maximum absolute atomic E-state index is 12.5. The summed E-state index contributed by atoms with van der Waals surface area (Å²) in [6.07, 6.45) is 2.82. The van der Waals surface area contributed by atoms with Crippen LogP contribution in [0.15, 0.2) is 40.1 Å². The Bertz CT molecular complexity index is 710. The van der Waals surface area contributed by atoms with Gasteiger partial charge in [-0.25, -0.2) is 13.4 Å². The van der Waals surface area contributed by atoms with E-state index in [1.165, 1.54) is 28.9 Å². The van der Waals surface area contributed by atoms with Crippen molar-refractivity contribution in [3.05, 3.63) is 41.5 Å². The quantitative estimate of drug-likeness (QED) is 0.777. The van der Waals surface area contributed by atoms with E-state index in [4.69, 9.17) is 16.1 Å². The van der Waals surface area contributed by atoms with E-state index in [-0.39, 0.29) is 10.0 Å². The highest BCUT2D eigenvalue weighted by atomic mass is 35.5. The van der Waals surface area contributed by atoms with Crippen LogP contribution in [0.5, 0.6) is 0 Å². The summed E-state index contributed by atoms with van der Waals surface area (Å²) in [6, 6.07) is 4.77. The Morgan fingerprint density at radius 3 is 2.55 bits per heavy atom. The summed E-state index contributed by atoms with van der Waals surface area (Å²) in [5, 5.41) is 4.14. The average Bonchev–Trinajstić information content (AvgIpc) is 3.01. The number of aromatic nitrogens is 2. The summed E-state index contributed by atoms with van der Waals surface area (Å²) in [4.78, 5) is 6.15. The number of sulfonamides is 1. The molecule has 7 nitrogen and oxygen atoms in total. The molecule has 0 N–H and O–H groups in total. The molecule has 0 aliphatic carbocycles. The van der Waals surface area contributed by atoms with Crippen LogP contribution in [0.4, 0.5) is 0 Å². The molecule has 0 radical (unpaired) electrons. The van der Waals surface area contributed by atoms with Crippen molar-refractivity contribution in [2.24, 2.45) is 0 Å². The SMILES string of the molecule is O=S(=O)(c1ccc(Cl)nc1)N1CCN(Cc2ccon2)CC1. The van der Waals surface area contributed by atoms with E-state index < -0.39 is 10.0 Å². The highest BCUT2D eigenvalue weighted by Gasteiger charge is 2.28. The Kier molecular flexibility index (Phi) is 4.44. The van der Waals surface area contributed by atoms with Gasteiger partial charge in [-0.3, -0.25) is 4.90 Å². The number of nitrogens with zero attached hydrogens (tertiary/aromatic N) is 4. The van der Waals surface area contributed by atoms with Crippen molar-refractivity contribution < 1.29 is 12.9 Å². The Labute approximate surface area is 133 Å². The van der Waals surface area contributed by atoms with Crippen LogP contribution < -0.4 is 0 Å². The Hall–Kier alpha value is -1.48. The molecule has 2 aromatic heterocycles. The zero-order valence-electron chi connectivity index (χ0n) is 11.7. The van der Waals surface area contributed by atoms with Crippen LogP contribution in [-0.2, 0) is 16.6 Å². The van der Waals surface area contributed by atoms with Crippen molar-refractivity contribution >= 4 is 21.6 Å². The van der Waals surface area contributed by atoms with E-state index in [9.17, 15) is 8.42 Å². The van der Waals surface area contributed by atoms with E-state index in [1.807, 2.05) is 6.07 Å². The van der Waals surface area contributed by atoms with Crippen molar-refractivity contribution in [2.75, 3.05) is 26.2 Å². The zero-order valence-corrected chi connectivity index (χ0v) is 13.3. The third kappa shape index (κ3) is 3.30. The van der Waals surface area contributed by atoms with Gasteiger partial charge in [-0.15, -0.1) is 0 Å². The second-order valence-corrected chi connectivity index (χ2v) is 7.31. The molecule has 0 unspecified atom stereocenters. The normalized spacial score (nSPS) is 17.7. The van der Waals surface area contributed by atoms with Gasteiger partial charge >= 0.3 is 0 Å². The predicted octanol–water partition coefficient (Wildman–Crippen LogP) is 1.23. The Balaban J connectivity index is 1.64. The maximum Gasteiger partial charge on any atom is 0.244 e. The van der Waals surface area contributed by atoms with Gasteiger partial charge in [0.1, 0.15) is 16.3 Å². The summed E-state index contributed by atoms with van der Waals surface area (Å²) in [6.45, 7) is 2.82. The van der Waals surface area contributed by atoms with E-state index in [2.05, 4.69) is 15.0 Å². The van der Waals surface area contributed by atoms with Crippen LogP contribution in [0.1, 0.15) is 5.69 Å². The van der Waals surface area contributed by atoms with Crippen LogP contribution in [0.2, 0.25) is 5.15 Å². The van der Waals surface area contributed by atoms with Crippen molar-refractivity contribution in [1.29, 1.82) is 0 Å². The maximum atomic E-state index is 12.5. The minimum Gasteiger partial charge on any atom is -0.364 e. The van der Waals surface area contributed by atoms with Crippen LogP contribution in [0.25, 0.3) is 0 Å². The lowest BCUT2D eigenvalue weighted by Gasteiger charge is -2.33. The fraction of sp³-hybridized carbons (Fsp3) is 0.385. The average molecular weight is 343 g/mol. The Morgan fingerprint density at radius 1 is 1.18 bits per heavy atom. The van der Waals surface area contributed by atoms with Crippen molar-refractivity contribution in [3.63, 3.8) is 0 Å². The third-order valence-electron chi connectivity index (χ3n) is 3.55. The molecule has 118 valence electrons. The molecule has 0 spiro atoms. The molecule has 1 aliphatic rings. The van der Waals surface area contributed by atoms with Gasteiger partial charge in [-0.1, -0.05) is 16.8 Å². The number of hydrogen-bond acceptors (Lipinski definition) is 6. The van der Waals surface area contributed by atoms with E-state index >= 15 is 0 Å². The van der Waals surface area contributed by atoms with E-state index in [0.29, 0.717) is 32.7 Å². The molecular formula is C13H15ClN4O3S. The fourth-order valence-corrected chi connectivity index (χ4v) is 3.82. The van der Waals surface area contributed by atoms with Gasteiger partial charge in [0, 0.05) is 45.0 Å². The minimum absolute atomic E-state index is 0.168. The summed E-state index contributed by atoms with van der Waals surface area (Å²) in [7, 11) is -3.51. The molecule has 1 aliphatic heterocycles. The largest absolute Gasteiger partial charge is 0.364 e. The lowest BCUT2D eigenvalue weighted by molar-refractivity contribution is 0.177. The number of halogens is 1. The first-order valence-corrected chi connectivity index (χ1v) is 8.61. The molecule has 0 saturated carbocycles. The van der Waals surface area contributed by atoms with Crippen LogP contribution in [0.3, 0.4) is 0 Å². The molecule has 22 heavy (non-hydrogen) atoms. The summed E-state index contributed by atoms with van der Waals surface area (Å²) >= 11 is 5.69. The molecule has 3 rings (SSSR count). The van der Waals surface area contributed by atoms with Gasteiger partial charge in [0.25, 0.3) is 0 Å². The number of piperazine rings is 1. The molecular weight excluding hydrogens is 328 g/mol. The third-order valence-corrected chi connectivity index (χ3v) is 5.65. The first-order valence-electron chi connectivity index (χ1n) is 6.79. The molecule has 0 bridgehead atoms. The van der Waals surface area contributed by atoms with E-state index in [1.54, 1.807) is 0 Å². The smallest absolute Gasteiger partial charge is 0.244 e. The molecule has 0 atom stereocenters. The monoisotopic (exact) mass is 342 g/mol. The molecule has 1 saturated heterocycles. The lowest BCUT2D eigenvalue weighted by atomic mass is 10.3. The van der Waals surface area contributed by atoms with Crippen LogP contribution in [-0.4, -0.2) is 53.9 Å². The van der Waals surface area contributed by atoms with Crippen LogP contribution in [0, 0.1) is 0 Å². The van der Waals surface area contributed by atoms with Gasteiger partial charge in [0.05, 0.1) is 5.69 Å². The number of hydrogen-bond donors (Lipinski definition) is 0. The van der Waals surface area contributed by atoms with Gasteiger partial charge in [0.2, 0.25) is 10.0 Å². The van der Waals surface area contributed by atoms with Gasteiger partial charge in [-0.05, 0) is 12.1 Å². The minimum atomic E-state index is -3.51. The second-order valence-electron chi connectivity index (χ2n) is 4.99. The topological polar surface area (TPSA) is 79.5 Å².